The number of carbonyl (C=O) groups is 2. The summed E-state index contributed by atoms with van der Waals surface area (Å²) < 4.78 is 16.2. The Labute approximate surface area is 188 Å². The maximum Gasteiger partial charge on any atom is 0.263 e. The highest BCUT2D eigenvalue weighted by atomic mass is 16.5. The van der Waals surface area contributed by atoms with Crippen molar-refractivity contribution in [1.82, 2.24) is 10.2 Å². The third kappa shape index (κ3) is 6.06. The second kappa shape index (κ2) is 10.7. The van der Waals surface area contributed by atoms with Crippen LogP contribution in [0, 0.1) is 0 Å². The molecule has 1 atom stereocenters. The predicted octanol–water partition coefficient (Wildman–Crippen LogP) is 2.53. The van der Waals surface area contributed by atoms with E-state index in [-0.39, 0.29) is 30.0 Å². The molecule has 1 aliphatic heterocycles. The third-order valence-corrected chi connectivity index (χ3v) is 5.48. The van der Waals surface area contributed by atoms with Crippen LogP contribution in [-0.2, 0) is 16.0 Å². The molecule has 0 saturated carbocycles. The van der Waals surface area contributed by atoms with Crippen LogP contribution in [-0.4, -0.2) is 61.3 Å². The molecule has 2 aromatic rings. The first-order valence-electron chi connectivity index (χ1n) is 10.6. The Morgan fingerprint density at radius 2 is 1.72 bits per heavy atom. The fourth-order valence-corrected chi connectivity index (χ4v) is 3.74. The number of piperidine rings is 1. The van der Waals surface area contributed by atoms with Crippen molar-refractivity contribution < 1.29 is 28.9 Å². The number of ether oxygens (including phenoxy) is 3. The van der Waals surface area contributed by atoms with Gasteiger partial charge in [0.25, 0.3) is 5.91 Å². The molecule has 2 N–H and O–H groups in total. The molecule has 3 rings (SSSR count). The summed E-state index contributed by atoms with van der Waals surface area (Å²) in [6.07, 6.45) is 0.998. The Morgan fingerprint density at radius 3 is 2.34 bits per heavy atom. The van der Waals surface area contributed by atoms with Gasteiger partial charge in [0.15, 0.2) is 17.6 Å². The molecule has 0 aromatic heterocycles. The first-order valence-corrected chi connectivity index (χ1v) is 10.6. The molecule has 1 saturated heterocycles. The van der Waals surface area contributed by atoms with E-state index in [1.54, 1.807) is 50.3 Å². The van der Waals surface area contributed by atoms with E-state index in [0.717, 1.165) is 5.56 Å². The number of amides is 2. The van der Waals surface area contributed by atoms with Crippen molar-refractivity contribution in [3.05, 3.63) is 48.0 Å². The number of benzene rings is 2. The number of methoxy groups -OCH3 is 2. The van der Waals surface area contributed by atoms with Gasteiger partial charge in [-0.05, 0) is 61.7 Å². The van der Waals surface area contributed by atoms with E-state index < -0.39 is 6.10 Å². The summed E-state index contributed by atoms with van der Waals surface area (Å²) in [6, 6.07) is 11.7. The molecule has 32 heavy (non-hydrogen) atoms. The summed E-state index contributed by atoms with van der Waals surface area (Å²) in [4.78, 5) is 26.9. The van der Waals surface area contributed by atoms with E-state index in [1.807, 2.05) is 6.07 Å². The molecule has 8 nitrogen and oxygen atoms in total. The van der Waals surface area contributed by atoms with Crippen molar-refractivity contribution in [2.24, 2.45) is 0 Å². The molecule has 0 spiro atoms. The van der Waals surface area contributed by atoms with Crippen LogP contribution in [0.4, 0.5) is 0 Å². The number of hydrogen-bond acceptors (Lipinski definition) is 6. The molecule has 1 heterocycles. The number of nitrogens with one attached hydrogen (secondary N) is 1. The van der Waals surface area contributed by atoms with Crippen LogP contribution in [0.1, 0.15) is 25.3 Å². The fraction of sp³-hybridized carbons (Fsp3) is 0.417. The Balaban J connectivity index is 1.45. The molecule has 0 bridgehead atoms. The zero-order valence-electron chi connectivity index (χ0n) is 18.7. The van der Waals surface area contributed by atoms with E-state index in [2.05, 4.69) is 5.32 Å². The van der Waals surface area contributed by atoms with Crippen molar-refractivity contribution in [2.75, 3.05) is 27.3 Å². The van der Waals surface area contributed by atoms with Crippen molar-refractivity contribution in [1.29, 1.82) is 0 Å². The van der Waals surface area contributed by atoms with Gasteiger partial charge in [-0.2, -0.15) is 0 Å². The Hall–Kier alpha value is -3.42. The lowest BCUT2D eigenvalue weighted by Crippen LogP contribution is -2.49. The van der Waals surface area contributed by atoms with Crippen molar-refractivity contribution in [3.8, 4) is 23.0 Å². The number of rotatable bonds is 8. The van der Waals surface area contributed by atoms with E-state index >= 15 is 0 Å². The van der Waals surface area contributed by atoms with Crippen LogP contribution >= 0.6 is 0 Å². The quantitative estimate of drug-likeness (QED) is 0.652. The second-order valence-corrected chi connectivity index (χ2v) is 7.79. The molecule has 0 aliphatic carbocycles. The van der Waals surface area contributed by atoms with E-state index in [1.165, 1.54) is 12.1 Å². The van der Waals surface area contributed by atoms with E-state index in [9.17, 15) is 14.7 Å². The van der Waals surface area contributed by atoms with Gasteiger partial charge in [-0.3, -0.25) is 9.59 Å². The number of hydrogen-bond donors (Lipinski definition) is 2. The topological polar surface area (TPSA) is 97.3 Å². The highest BCUT2D eigenvalue weighted by Gasteiger charge is 2.27. The van der Waals surface area contributed by atoms with Gasteiger partial charge in [0.2, 0.25) is 5.91 Å². The van der Waals surface area contributed by atoms with Gasteiger partial charge >= 0.3 is 0 Å². The highest BCUT2D eigenvalue weighted by Crippen LogP contribution is 2.27. The van der Waals surface area contributed by atoms with Gasteiger partial charge in [0.1, 0.15) is 11.5 Å². The molecule has 1 fully saturated rings. The predicted molar refractivity (Wildman–Crippen MR) is 119 cm³/mol. The average Bonchev–Trinajstić information content (AvgIpc) is 2.80. The molecular weight excluding hydrogens is 412 g/mol. The minimum absolute atomic E-state index is 0.0278. The Morgan fingerprint density at radius 1 is 1.06 bits per heavy atom. The molecular formula is C24H30N2O6. The number of aromatic hydroxyl groups is 1. The zero-order valence-corrected chi connectivity index (χ0v) is 18.7. The molecule has 8 heteroatoms. The lowest BCUT2D eigenvalue weighted by atomic mass is 10.0. The monoisotopic (exact) mass is 442 g/mol. The number of phenolic OH excluding ortho intramolecular Hbond substituents is 1. The summed E-state index contributed by atoms with van der Waals surface area (Å²) >= 11 is 0. The third-order valence-electron chi connectivity index (χ3n) is 5.48. The first-order chi connectivity index (χ1) is 15.4. The highest BCUT2D eigenvalue weighted by molar-refractivity contribution is 5.81. The lowest BCUT2D eigenvalue weighted by molar-refractivity contribution is -0.139. The van der Waals surface area contributed by atoms with Crippen LogP contribution in [0.25, 0.3) is 0 Å². The number of nitrogens with zero attached hydrogens (tertiary/aromatic N) is 1. The smallest absolute Gasteiger partial charge is 0.263 e. The minimum Gasteiger partial charge on any atom is -0.508 e. The number of likely N-dealkylation sites (tertiary alicyclic amines) is 1. The SMILES string of the molecule is COc1ccc(CC(=O)NC2CCN(C(=O)C(C)Oc3ccc(O)cc3)CC2)cc1OC. The molecule has 2 amide bonds. The Kier molecular flexibility index (Phi) is 7.81. The normalized spacial score (nSPS) is 15.0. The first kappa shape index (κ1) is 23.2. The molecule has 2 aromatic carbocycles. The van der Waals surface area contributed by atoms with Crippen molar-refractivity contribution >= 4 is 11.8 Å². The zero-order chi connectivity index (χ0) is 23.1. The lowest BCUT2D eigenvalue weighted by Gasteiger charge is -2.33. The van der Waals surface area contributed by atoms with E-state index in [4.69, 9.17) is 14.2 Å². The van der Waals surface area contributed by atoms with Gasteiger partial charge in [0.05, 0.1) is 20.6 Å². The number of phenols is 1. The van der Waals surface area contributed by atoms with E-state index in [0.29, 0.717) is 43.2 Å². The number of carbonyl (C=O) groups excluding carboxylic acids is 2. The van der Waals surface area contributed by atoms with Gasteiger partial charge in [-0.25, -0.2) is 0 Å². The summed E-state index contributed by atoms with van der Waals surface area (Å²) in [7, 11) is 3.13. The molecule has 1 unspecified atom stereocenters. The van der Waals surface area contributed by atoms with Gasteiger partial charge in [0, 0.05) is 19.1 Å². The van der Waals surface area contributed by atoms with Gasteiger partial charge < -0.3 is 29.5 Å². The summed E-state index contributed by atoms with van der Waals surface area (Å²) in [5, 5.41) is 12.4. The van der Waals surface area contributed by atoms with Crippen molar-refractivity contribution in [2.45, 2.75) is 38.3 Å². The van der Waals surface area contributed by atoms with Gasteiger partial charge in [-0.15, -0.1) is 0 Å². The van der Waals surface area contributed by atoms with Crippen LogP contribution in [0.15, 0.2) is 42.5 Å². The van der Waals surface area contributed by atoms with Crippen LogP contribution in [0.3, 0.4) is 0 Å². The molecule has 172 valence electrons. The maximum absolute atomic E-state index is 12.7. The Bertz CT molecular complexity index is 923. The second-order valence-electron chi connectivity index (χ2n) is 7.79. The maximum atomic E-state index is 12.7. The fourth-order valence-electron chi connectivity index (χ4n) is 3.74. The van der Waals surface area contributed by atoms with Crippen LogP contribution in [0.2, 0.25) is 0 Å². The van der Waals surface area contributed by atoms with Gasteiger partial charge in [-0.1, -0.05) is 6.07 Å². The summed E-state index contributed by atoms with van der Waals surface area (Å²) in [6.45, 7) is 2.83. The standard InChI is InChI=1S/C24H30N2O6/c1-16(32-20-7-5-19(27)6-8-20)24(29)26-12-10-18(11-13-26)25-23(28)15-17-4-9-21(30-2)22(14-17)31-3/h4-9,14,16,18,27H,10-13,15H2,1-3H3,(H,25,28). The largest absolute Gasteiger partial charge is 0.508 e. The van der Waals surface area contributed by atoms with Crippen LogP contribution < -0.4 is 19.5 Å². The average molecular weight is 443 g/mol. The van der Waals surface area contributed by atoms with Crippen LogP contribution in [0.5, 0.6) is 23.0 Å². The summed E-state index contributed by atoms with van der Waals surface area (Å²) in [5.74, 6) is 1.73. The molecule has 1 aliphatic rings. The molecule has 0 radical (unpaired) electrons. The minimum atomic E-state index is -0.629. The van der Waals surface area contributed by atoms with Crippen molar-refractivity contribution in [3.63, 3.8) is 0 Å². The summed E-state index contributed by atoms with van der Waals surface area (Å²) in [5.41, 5.74) is 0.841.